The highest BCUT2D eigenvalue weighted by molar-refractivity contribution is 5.47. The maximum atomic E-state index is 5.27. The lowest BCUT2D eigenvalue weighted by Crippen LogP contribution is -2.15. The van der Waals surface area contributed by atoms with Crippen LogP contribution in [0.5, 0.6) is 0 Å². The number of nitrogens with zero attached hydrogens (tertiary/aromatic N) is 2. The predicted molar refractivity (Wildman–Crippen MR) is 63.6 cm³/mol. The number of nitrogens with one attached hydrogen (secondary N) is 1. The molecule has 4 nitrogen and oxygen atoms in total. The van der Waals surface area contributed by atoms with Gasteiger partial charge in [0.25, 0.3) is 0 Å². The number of methoxy groups -OCH3 is 1. The minimum absolute atomic E-state index is 0.0423. The Kier molecular flexibility index (Phi) is 3.39. The summed E-state index contributed by atoms with van der Waals surface area (Å²) in [5.41, 5.74) is 2.49. The minimum atomic E-state index is -0.0423. The zero-order chi connectivity index (χ0) is 11.5. The molecule has 1 aromatic rings. The molecule has 0 radical (unpaired) electrons. The summed E-state index contributed by atoms with van der Waals surface area (Å²) in [5.74, 6) is 1.76. The second-order valence-electron chi connectivity index (χ2n) is 4.19. The van der Waals surface area contributed by atoms with Gasteiger partial charge in [0.2, 0.25) is 0 Å². The number of ether oxygens (including phenoxy) is 1. The standard InChI is InChI=1S/C12H19N3O/c1-8(16-3)11-14-10-7-5-4-6-9(10)12(13-2)15-11/h8H,4-7H2,1-3H3,(H,13,14,15). The van der Waals surface area contributed by atoms with Crippen LogP contribution in [-0.2, 0) is 17.6 Å². The van der Waals surface area contributed by atoms with E-state index in [4.69, 9.17) is 4.74 Å². The van der Waals surface area contributed by atoms with Gasteiger partial charge in [-0.25, -0.2) is 9.97 Å². The van der Waals surface area contributed by atoms with Gasteiger partial charge in [0, 0.05) is 25.4 Å². The van der Waals surface area contributed by atoms with Gasteiger partial charge < -0.3 is 10.1 Å². The molecule has 0 amide bonds. The summed E-state index contributed by atoms with van der Waals surface area (Å²) >= 11 is 0. The van der Waals surface area contributed by atoms with E-state index in [1.807, 2.05) is 14.0 Å². The molecule has 1 aliphatic rings. The molecule has 0 fully saturated rings. The smallest absolute Gasteiger partial charge is 0.159 e. The maximum Gasteiger partial charge on any atom is 0.159 e. The zero-order valence-corrected chi connectivity index (χ0v) is 10.2. The Morgan fingerprint density at radius 1 is 1.25 bits per heavy atom. The minimum Gasteiger partial charge on any atom is -0.374 e. The molecule has 2 rings (SSSR count). The summed E-state index contributed by atoms with van der Waals surface area (Å²) in [7, 11) is 3.60. The summed E-state index contributed by atoms with van der Waals surface area (Å²) < 4.78 is 5.27. The van der Waals surface area contributed by atoms with E-state index in [-0.39, 0.29) is 6.10 Å². The molecule has 4 heteroatoms. The Morgan fingerprint density at radius 3 is 2.69 bits per heavy atom. The Balaban J connectivity index is 2.43. The van der Waals surface area contributed by atoms with Crippen LogP contribution in [0.3, 0.4) is 0 Å². The van der Waals surface area contributed by atoms with Crippen molar-refractivity contribution in [2.45, 2.75) is 38.7 Å². The summed E-state index contributed by atoms with van der Waals surface area (Å²) in [6.07, 6.45) is 4.58. The van der Waals surface area contributed by atoms with Gasteiger partial charge in [-0.2, -0.15) is 0 Å². The topological polar surface area (TPSA) is 47.0 Å². The first kappa shape index (κ1) is 11.3. The quantitative estimate of drug-likeness (QED) is 0.849. The van der Waals surface area contributed by atoms with Crippen molar-refractivity contribution in [3.63, 3.8) is 0 Å². The number of hydrogen-bond acceptors (Lipinski definition) is 4. The fraction of sp³-hybridized carbons (Fsp3) is 0.667. The molecule has 1 aliphatic carbocycles. The maximum absolute atomic E-state index is 5.27. The number of aromatic nitrogens is 2. The third kappa shape index (κ3) is 2.02. The first-order valence-corrected chi connectivity index (χ1v) is 5.86. The molecule has 1 unspecified atom stereocenters. The van der Waals surface area contributed by atoms with Crippen LogP contribution in [0.2, 0.25) is 0 Å². The Bertz CT molecular complexity index is 362. The van der Waals surface area contributed by atoms with E-state index in [9.17, 15) is 0 Å². The lowest BCUT2D eigenvalue weighted by molar-refractivity contribution is 0.112. The molecule has 0 saturated heterocycles. The van der Waals surface area contributed by atoms with Crippen LogP contribution in [0.1, 0.15) is 43.0 Å². The monoisotopic (exact) mass is 221 g/mol. The van der Waals surface area contributed by atoms with E-state index < -0.39 is 0 Å². The highest BCUT2D eigenvalue weighted by atomic mass is 16.5. The van der Waals surface area contributed by atoms with E-state index in [2.05, 4.69) is 15.3 Å². The number of aryl methyl sites for hydroxylation is 1. The summed E-state index contributed by atoms with van der Waals surface area (Å²) in [5, 5.41) is 3.17. The molecule has 1 aromatic heterocycles. The molecule has 88 valence electrons. The molecule has 1 atom stereocenters. The second kappa shape index (κ2) is 4.78. The van der Waals surface area contributed by atoms with Gasteiger partial charge in [-0.3, -0.25) is 0 Å². The summed E-state index contributed by atoms with van der Waals surface area (Å²) in [4.78, 5) is 9.14. The third-order valence-electron chi connectivity index (χ3n) is 3.15. The third-order valence-corrected chi connectivity index (χ3v) is 3.15. The molecule has 16 heavy (non-hydrogen) atoms. The van der Waals surface area contributed by atoms with Crippen LogP contribution in [-0.4, -0.2) is 24.1 Å². The number of rotatable bonds is 3. The van der Waals surface area contributed by atoms with Crippen LogP contribution in [0.25, 0.3) is 0 Å². The molecule has 0 spiro atoms. The first-order valence-electron chi connectivity index (χ1n) is 5.86. The van der Waals surface area contributed by atoms with Crippen LogP contribution >= 0.6 is 0 Å². The van der Waals surface area contributed by atoms with E-state index >= 15 is 0 Å². The van der Waals surface area contributed by atoms with Crippen LogP contribution in [0.15, 0.2) is 0 Å². The molecule has 0 aromatic carbocycles. The van der Waals surface area contributed by atoms with Crippen molar-refractivity contribution in [2.24, 2.45) is 0 Å². The van der Waals surface area contributed by atoms with Crippen molar-refractivity contribution in [2.75, 3.05) is 19.5 Å². The Morgan fingerprint density at radius 2 is 2.00 bits per heavy atom. The zero-order valence-electron chi connectivity index (χ0n) is 10.2. The fourth-order valence-corrected chi connectivity index (χ4v) is 2.11. The van der Waals surface area contributed by atoms with E-state index in [0.29, 0.717) is 0 Å². The van der Waals surface area contributed by atoms with Crippen molar-refractivity contribution in [1.29, 1.82) is 0 Å². The molecule has 1 heterocycles. The average molecular weight is 221 g/mol. The Labute approximate surface area is 96.4 Å². The second-order valence-corrected chi connectivity index (χ2v) is 4.19. The van der Waals surface area contributed by atoms with E-state index in [1.54, 1.807) is 7.11 Å². The molecular weight excluding hydrogens is 202 g/mol. The van der Waals surface area contributed by atoms with E-state index in [0.717, 1.165) is 24.5 Å². The van der Waals surface area contributed by atoms with Crippen molar-refractivity contribution >= 4 is 5.82 Å². The molecule has 0 aliphatic heterocycles. The largest absolute Gasteiger partial charge is 0.374 e. The van der Waals surface area contributed by atoms with Crippen LogP contribution in [0.4, 0.5) is 5.82 Å². The van der Waals surface area contributed by atoms with Crippen molar-refractivity contribution in [3.8, 4) is 0 Å². The first-order chi connectivity index (χ1) is 7.76. The molecule has 0 saturated carbocycles. The highest BCUT2D eigenvalue weighted by Gasteiger charge is 2.19. The number of anilines is 1. The molecular formula is C12H19N3O. The van der Waals surface area contributed by atoms with Crippen molar-refractivity contribution < 1.29 is 4.74 Å². The number of hydrogen-bond donors (Lipinski definition) is 1. The van der Waals surface area contributed by atoms with Gasteiger partial charge in [-0.1, -0.05) is 0 Å². The average Bonchev–Trinajstić information content (AvgIpc) is 2.36. The highest BCUT2D eigenvalue weighted by Crippen LogP contribution is 2.26. The van der Waals surface area contributed by atoms with Gasteiger partial charge in [0.1, 0.15) is 11.9 Å². The van der Waals surface area contributed by atoms with E-state index in [1.165, 1.54) is 24.1 Å². The SMILES string of the molecule is CNc1nc(C(C)OC)nc2c1CCCC2. The summed E-state index contributed by atoms with van der Waals surface area (Å²) in [6.45, 7) is 1.98. The van der Waals surface area contributed by atoms with Crippen molar-refractivity contribution in [3.05, 3.63) is 17.1 Å². The van der Waals surface area contributed by atoms with Crippen LogP contribution < -0.4 is 5.32 Å². The van der Waals surface area contributed by atoms with Gasteiger partial charge in [0.05, 0.1) is 0 Å². The van der Waals surface area contributed by atoms with Gasteiger partial charge >= 0.3 is 0 Å². The van der Waals surface area contributed by atoms with Gasteiger partial charge in [-0.05, 0) is 32.6 Å². The predicted octanol–water partition coefficient (Wildman–Crippen LogP) is 2.10. The normalized spacial score (nSPS) is 16.7. The van der Waals surface area contributed by atoms with Crippen LogP contribution in [0, 0.1) is 0 Å². The van der Waals surface area contributed by atoms with Gasteiger partial charge in [-0.15, -0.1) is 0 Å². The van der Waals surface area contributed by atoms with Gasteiger partial charge in [0.15, 0.2) is 5.82 Å². The number of fused-ring (bicyclic) bond motifs is 1. The summed E-state index contributed by atoms with van der Waals surface area (Å²) in [6, 6.07) is 0. The lowest BCUT2D eigenvalue weighted by Gasteiger charge is -2.20. The van der Waals surface area contributed by atoms with Crippen molar-refractivity contribution in [1.82, 2.24) is 9.97 Å². The molecule has 0 bridgehead atoms. The Hall–Kier alpha value is -1.16. The lowest BCUT2D eigenvalue weighted by atomic mass is 9.96. The fourth-order valence-electron chi connectivity index (χ4n) is 2.11. The molecule has 1 N–H and O–H groups in total.